The molecule has 0 aliphatic carbocycles. The van der Waals surface area contributed by atoms with Crippen LogP contribution in [0.1, 0.15) is 26.2 Å². The Balaban J connectivity index is 1.68. The van der Waals surface area contributed by atoms with Crippen LogP contribution in [0, 0.1) is 23.8 Å². The van der Waals surface area contributed by atoms with Crippen molar-refractivity contribution < 1.29 is 0 Å². The minimum Gasteiger partial charge on any atom is -0.355 e. The Labute approximate surface area is 137 Å². The maximum atomic E-state index is 5.68. The summed E-state index contributed by atoms with van der Waals surface area (Å²) in [5, 5.41) is 1.11. The van der Waals surface area contributed by atoms with Gasteiger partial charge in [-0.3, -0.25) is 0 Å². The van der Waals surface area contributed by atoms with Crippen molar-refractivity contribution in [2.75, 3.05) is 31.1 Å². The van der Waals surface area contributed by atoms with E-state index in [0.717, 1.165) is 55.4 Å². The molecule has 0 spiro atoms. The third kappa shape index (κ3) is 2.24. The fraction of sp³-hybridized carbons (Fsp3) is 0.556. The maximum Gasteiger partial charge on any atom is 0.142 e. The quantitative estimate of drug-likeness (QED) is 0.866. The van der Waals surface area contributed by atoms with Crippen molar-refractivity contribution >= 4 is 16.9 Å². The second-order valence-electron chi connectivity index (χ2n) is 6.90. The SMILES string of the molecule is C#CN1CC[C@H]2CCN(c3ncnc4[nH]ccc34)C[C@@]2(CC)C1. The van der Waals surface area contributed by atoms with Crippen molar-refractivity contribution in [3.05, 3.63) is 18.6 Å². The van der Waals surface area contributed by atoms with Gasteiger partial charge in [0.2, 0.25) is 0 Å². The van der Waals surface area contributed by atoms with Crippen molar-refractivity contribution in [1.82, 2.24) is 19.9 Å². The van der Waals surface area contributed by atoms with Gasteiger partial charge in [-0.05, 0) is 31.2 Å². The fourth-order valence-electron chi connectivity index (χ4n) is 4.52. The van der Waals surface area contributed by atoms with Crippen LogP contribution >= 0.6 is 0 Å². The number of anilines is 1. The molecule has 2 saturated heterocycles. The van der Waals surface area contributed by atoms with Crippen LogP contribution in [0.25, 0.3) is 11.0 Å². The Morgan fingerprint density at radius 1 is 1.35 bits per heavy atom. The minimum absolute atomic E-state index is 0.274. The molecule has 4 heterocycles. The second-order valence-corrected chi connectivity index (χ2v) is 6.90. The lowest BCUT2D eigenvalue weighted by molar-refractivity contribution is 0.0367. The molecule has 0 radical (unpaired) electrons. The van der Waals surface area contributed by atoms with E-state index in [9.17, 15) is 0 Å². The van der Waals surface area contributed by atoms with E-state index in [1.54, 1.807) is 6.33 Å². The van der Waals surface area contributed by atoms with E-state index < -0.39 is 0 Å². The number of hydrogen-bond donors (Lipinski definition) is 1. The first-order chi connectivity index (χ1) is 11.3. The maximum absolute atomic E-state index is 5.68. The molecule has 2 atom stereocenters. The highest BCUT2D eigenvalue weighted by molar-refractivity contribution is 5.87. The van der Waals surface area contributed by atoms with E-state index in [4.69, 9.17) is 6.42 Å². The molecule has 2 aliphatic rings. The van der Waals surface area contributed by atoms with Crippen molar-refractivity contribution in [1.29, 1.82) is 0 Å². The van der Waals surface area contributed by atoms with Gasteiger partial charge >= 0.3 is 0 Å². The highest BCUT2D eigenvalue weighted by atomic mass is 15.2. The average molecular weight is 309 g/mol. The number of fused-ring (bicyclic) bond motifs is 2. The predicted molar refractivity (Wildman–Crippen MR) is 92.0 cm³/mol. The summed E-state index contributed by atoms with van der Waals surface area (Å²) in [6.45, 7) is 6.45. The average Bonchev–Trinajstić information content (AvgIpc) is 3.09. The lowest BCUT2D eigenvalue weighted by Crippen LogP contribution is -2.57. The summed E-state index contributed by atoms with van der Waals surface area (Å²) < 4.78 is 0. The molecule has 1 N–H and O–H groups in total. The number of nitrogens with one attached hydrogen (secondary N) is 1. The molecule has 5 nitrogen and oxygen atoms in total. The molecule has 23 heavy (non-hydrogen) atoms. The molecule has 2 fully saturated rings. The topological polar surface area (TPSA) is 48.1 Å². The first-order valence-electron chi connectivity index (χ1n) is 8.50. The molecule has 2 aromatic rings. The standard InChI is InChI=1S/C18H23N5/c1-3-18-11-22(4-2)9-6-14(18)7-10-23(12-18)17-15-5-8-19-16(15)20-13-21-17/h2,5,8,13-14H,3,6-7,9-12H2,1H3,(H,19,20,21)/t14-,18+/m0/s1. The zero-order chi connectivity index (χ0) is 15.9. The van der Waals surface area contributed by atoms with Gasteiger partial charge in [-0.25, -0.2) is 9.97 Å². The first kappa shape index (κ1) is 14.4. The normalized spacial score (nSPS) is 27.7. The molecule has 0 saturated carbocycles. The molecule has 120 valence electrons. The molecule has 4 rings (SSSR count). The zero-order valence-corrected chi connectivity index (χ0v) is 13.6. The van der Waals surface area contributed by atoms with Gasteiger partial charge < -0.3 is 14.8 Å². The smallest absolute Gasteiger partial charge is 0.142 e. The minimum atomic E-state index is 0.274. The van der Waals surface area contributed by atoms with Crippen LogP contribution in [0.15, 0.2) is 18.6 Å². The van der Waals surface area contributed by atoms with E-state index in [1.165, 1.54) is 12.8 Å². The van der Waals surface area contributed by atoms with Gasteiger partial charge in [0.15, 0.2) is 0 Å². The number of likely N-dealkylation sites (tertiary alicyclic amines) is 1. The lowest BCUT2D eigenvalue weighted by atomic mass is 9.65. The van der Waals surface area contributed by atoms with Gasteiger partial charge in [-0.15, -0.1) is 0 Å². The number of nitrogens with zero attached hydrogens (tertiary/aromatic N) is 4. The lowest BCUT2D eigenvalue weighted by Gasteiger charge is -2.53. The fourth-order valence-corrected chi connectivity index (χ4v) is 4.52. The molecule has 0 bridgehead atoms. The number of rotatable bonds is 2. The van der Waals surface area contributed by atoms with E-state index in [-0.39, 0.29) is 5.41 Å². The van der Waals surface area contributed by atoms with E-state index in [0.29, 0.717) is 0 Å². The summed E-state index contributed by atoms with van der Waals surface area (Å²) in [5.74, 6) is 1.83. The van der Waals surface area contributed by atoms with Crippen molar-refractivity contribution in [2.24, 2.45) is 11.3 Å². The Hall–Kier alpha value is -2.22. The largest absolute Gasteiger partial charge is 0.355 e. The monoisotopic (exact) mass is 309 g/mol. The Morgan fingerprint density at radius 3 is 3.04 bits per heavy atom. The number of H-pyrrole nitrogens is 1. The van der Waals surface area contributed by atoms with Crippen LogP contribution in [0.4, 0.5) is 5.82 Å². The number of piperidine rings is 2. The molecule has 2 aromatic heterocycles. The second kappa shape index (κ2) is 5.45. The van der Waals surface area contributed by atoms with Gasteiger partial charge in [0, 0.05) is 43.8 Å². The third-order valence-corrected chi connectivity index (χ3v) is 5.89. The van der Waals surface area contributed by atoms with Crippen LogP contribution in [0.2, 0.25) is 0 Å². The molecule has 0 aromatic carbocycles. The summed E-state index contributed by atoms with van der Waals surface area (Å²) in [7, 11) is 0. The summed E-state index contributed by atoms with van der Waals surface area (Å²) in [6.07, 6.45) is 12.9. The molecular weight excluding hydrogens is 286 g/mol. The van der Waals surface area contributed by atoms with Gasteiger partial charge in [0.05, 0.1) is 5.39 Å². The van der Waals surface area contributed by atoms with Gasteiger partial charge in [0.25, 0.3) is 0 Å². The van der Waals surface area contributed by atoms with E-state index in [1.807, 2.05) is 6.20 Å². The number of terminal acetylenes is 1. The van der Waals surface area contributed by atoms with Crippen molar-refractivity contribution in [2.45, 2.75) is 26.2 Å². The van der Waals surface area contributed by atoms with Crippen molar-refractivity contribution in [3.63, 3.8) is 0 Å². The van der Waals surface area contributed by atoms with Gasteiger partial charge in [-0.1, -0.05) is 13.3 Å². The van der Waals surface area contributed by atoms with Gasteiger partial charge in [-0.2, -0.15) is 0 Å². The number of aromatic amines is 1. The van der Waals surface area contributed by atoms with Crippen LogP contribution < -0.4 is 4.90 Å². The summed E-state index contributed by atoms with van der Waals surface area (Å²) in [4.78, 5) is 16.7. The summed E-state index contributed by atoms with van der Waals surface area (Å²) >= 11 is 0. The molecule has 0 unspecified atom stereocenters. The van der Waals surface area contributed by atoms with Crippen LogP contribution in [-0.2, 0) is 0 Å². The first-order valence-corrected chi connectivity index (χ1v) is 8.50. The summed E-state index contributed by atoms with van der Waals surface area (Å²) in [6, 6.07) is 4.93. The highest BCUT2D eigenvalue weighted by Crippen LogP contribution is 2.45. The van der Waals surface area contributed by atoms with Gasteiger partial charge in [0.1, 0.15) is 17.8 Å². The Bertz CT molecular complexity index is 745. The number of aromatic nitrogens is 3. The molecular formula is C18H23N5. The predicted octanol–water partition coefficient (Wildman–Crippen LogP) is 2.48. The highest BCUT2D eigenvalue weighted by Gasteiger charge is 2.45. The van der Waals surface area contributed by atoms with Crippen LogP contribution in [0.5, 0.6) is 0 Å². The summed E-state index contributed by atoms with van der Waals surface area (Å²) in [5.41, 5.74) is 1.19. The van der Waals surface area contributed by atoms with E-state index in [2.05, 4.69) is 43.8 Å². The molecule has 0 amide bonds. The van der Waals surface area contributed by atoms with Crippen LogP contribution in [0.3, 0.4) is 0 Å². The zero-order valence-electron chi connectivity index (χ0n) is 13.6. The van der Waals surface area contributed by atoms with E-state index >= 15 is 0 Å². The van der Waals surface area contributed by atoms with Crippen molar-refractivity contribution in [3.8, 4) is 12.5 Å². The Kier molecular flexibility index (Phi) is 3.41. The molecule has 2 aliphatic heterocycles. The number of hydrogen-bond acceptors (Lipinski definition) is 4. The molecule has 5 heteroatoms. The third-order valence-electron chi connectivity index (χ3n) is 5.89. The van der Waals surface area contributed by atoms with Crippen LogP contribution in [-0.4, -0.2) is 46.0 Å². The Morgan fingerprint density at radius 2 is 2.22 bits per heavy atom.